The van der Waals surface area contributed by atoms with Crippen molar-refractivity contribution in [2.24, 2.45) is 0 Å². The van der Waals surface area contributed by atoms with Crippen LogP contribution < -0.4 is 5.32 Å². The fourth-order valence-corrected chi connectivity index (χ4v) is 2.05. The van der Waals surface area contributed by atoms with Crippen LogP contribution in [-0.2, 0) is 9.53 Å². The van der Waals surface area contributed by atoms with E-state index in [4.69, 9.17) is 14.3 Å². The minimum atomic E-state index is -1.08. The number of carbonyl (C=O) groups excluding carboxylic acids is 1. The highest BCUT2D eigenvalue weighted by Gasteiger charge is 2.35. The van der Waals surface area contributed by atoms with Crippen molar-refractivity contribution < 1.29 is 23.8 Å². The Labute approximate surface area is 105 Å². The Hall–Kier alpha value is -1.34. The second kappa shape index (κ2) is 4.89. The Morgan fingerprint density at radius 1 is 1.53 bits per heavy atom. The van der Waals surface area contributed by atoms with E-state index in [1.807, 2.05) is 0 Å². The fourth-order valence-electron chi connectivity index (χ4n) is 1.67. The van der Waals surface area contributed by atoms with Crippen LogP contribution in [0.1, 0.15) is 17.0 Å². The maximum Gasteiger partial charge on any atom is 0.334 e. The molecule has 2 rings (SSSR count). The van der Waals surface area contributed by atoms with Gasteiger partial charge in [-0.1, -0.05) is 0 Å². The zero-order chi connectivity index (χ0) is 12.4. The largest absolute Gasteiger partial charge is 0.479 e. The van der Waals surface area contributed by atoms with Crippen LogP contribution in [0.2, 0.25) is 0 Å². The zero-order valence-corrected chi connectivity index (χ0v) is 10.3. The number of carboxylic acids is 1. The first-order valence-electron chi connectivity index (χ1n) is 4.98. The number of ether oxygens (including phenoxy) is 1. The predicted octanol–water partition coefficient (Wildman–Crippen LogP) is 1.01. The normalized spacial score (nSPS) is 23.6. The molecule has 17 heavy (non-hydrogen) atoms. The summed E-state index contributed by atoms with van der Waals surface area (Å²) < 4.78 is 10.5. The van der Waals surface area contributed by atoms with Crippen LogP contribution in [-0.4, -0.2) is 35.7 Å². The average Bonchev–Trinajstić information content (AvgIpc) is 2.86. The van der Waals surface area contributed by atoms with Gasteiger partial charge in [0.2, 0.25) is 5.76 Å². The van der Waals surface area contributed by atoms with E-state index in [1.165, 1.54) is 6.26 Å². The van der Waals surface area contributed by atoms with Gasteiger partial charge >= 0.3 is 5.97 Å². The van der Waals surface area contributed by atoms with Crippen LogP contribution in [0, 0.1) is 0 Å². The molecule has 1 aromatic heterocycles. The molecule has 0 bridgehead atoms. The summed E-state index contributed by atoms with van der Waals surface area (Å²) in [5.74, 6) is -1.41. The summed E-state index contributed by atoms with van der Waals surface area (Å²) in [6.45, 7) is 0.321. The van der Waals surface area contributed by atoms with E-state index < -0.39 is 24.0 Å². The number of furan rings is 1. The molecule has 2 atom stereocenters. The SMILES string of the molecule is O=C(N[C@H]1CCO[C@H]1C(=O)O)c1occc1Br. The van der Waals surface area contributed by atoms with Gasteiger partial charge in [-0.15, -0.1) is 0 Å². The molecule has 0 aromatic carbocycles. The molecule has 1 amide bonds. The quantitative estimate of drug-likeness (QED) is 0.870. The topological polar surface area (TPSA) is 88.8 Å². The molecule has 7 heteroatoms. The Morgan fingerprint density at radius 2 is 2.29 bits per heavy atom. The van der Waals surface area contributed by atoms with E-state index in [9.17, 15) is 9.59 Å². The minimum Gasteiger partial charge on any atom is -0.479 e. The Morgan fingerprint density at radius 3 is 2.88 bits per heavy atom. The first kappa shape index (κ1) is 12.1. The predicted molar refractivity (Wildman–Crippen MR) is 59.7 cm³/mol. The van der Waals surface area contributed by atoms with Crippen LogP contribution in [0.5, 0.6) is 0 Å². The maximum absolute atomic E-state index is 11.8. The fraction of sp³-hybridized carbons (Fsp3) is 0.400. The highest BCUT2D eigenvalue weighted by atomic mass is 79.9. The Bertz CT molecular complexity index is 444. The third-order valence-corrected chi connectivity index (χ3v) is 3.10. The number of hydrogen-bond donors (Lipinski definition) is 2. The monoisotopic (exact) mass is 303 g/mol. The van der Waals surface area contributed by atoms with Crippen molar-refractivity contribution in [1.82, 2.24) is 5.32 Å². The molecule has 1 aliphatic heterocycles. The van der Waals surface area contributed by atoms with Crippen molar-refractivity contribution in [1.29, 1.82) is 0 Å². The maximum atomic E-state index is 11.8. The zero-order valence-electron chi connectivity index (χ0n) is 8.68. The van der Waals surface area contributed by atoms with E-state index in [0.717, 1.165) is 0 Å². The van der Waals surface area contributed by atoms with Crippen LogP contribution in [0.3, 0.4) is 0 Å². The standard InChI is InChI=1S/C10H10BrNO5/c11-5-1-3-16-7(5)9(13)12-6-2-4-17-8(6)10(14)15/h1,3,6,8H,2,4H2,(H,12,13)(H,14,15)/t6-,8+/m0/s1. The molecule has 92 valence electrons. The molecule has 1 saturated heterocycles. The highest BCUT2D eigenvalue weighted by molar-refractivity contribution is 9.10. The van der Waals surface area contributed by atoms with Crippen LogP contribution in [0.25, 0.3) is 0 Å². The summed E-state index contributed by atoms with van der Waals surface area (Å²) in [6, 6.07) is 1.06. The third-order valence-electron chi connectivity index (χ3n) is 2.48. The summed E-state index contributed by atoms with van der Waals surface area (Å²) in [5, 5.41) is 11.5. The third kappa shape index (κ3) is 2.50. The Kier molecular flexibility index (Phi) is 3.49. The average molecular weight is 304 g/mol. The van der Waals surface area contributed by atoms with Crippen LogP contribution >= 0.6 is 15.9 Å². The van der Waals surface area contributed by atoms with Crippen molar-refractivity contribution in [3.63, 3.8) is 0 Å². The number of aliphatic carboxylic acids is 1. The smallest absolute Gasteiger partial charge is 0.334 e. The second-order valence-corrected chi connectivity index (χ2v) is 4.45. The number of hydrogen-bond acceptors (Lipinski definition) is 4. The van der Waals surface area contributed by atoms with E-state index in [1.54, 1.807) is 6.07 Å². The van der Waals surface area contributed by atoms with Crippen LogP contribution in [0.15, 0.2) is 21.2 Å². The van der Waals surface area contributed by atoms with Gasteiger partial charge in [-0.2, -0.15) is 0 Å². The molecule has 0 saturated carbocycles. The summed E-state index contributed by atoms with van der Waals surface area (Å²) in [7, 11) is 0. The summed E-state index contributed by atoms with van der Waals surface area (Å²) in [5.41, 5.74) is 0. The molecule has 0 spiro atoms. The number of carbonyl (C=O) groups is 2. The summed E-state index contributed by atoms with van der Waals surface area (Å²) in [4.78, 5) is 22.6. The van der Waals surface area contributed by atoms with Gasteiger partial charge in [-0.3, -0.25) is 4.79 Å². The van der Waals surface area contributed by atoms with E-state index in [2.05, 4.69) is 21.2 Å². The van der Waals surface area contributed by atoms with E-state index >= 15 is 0 Å². The molecule has 0 unspecified atom stereocenters. The molecule has 0 aliphatic carbocycles. The number of halogens is 1. The molecule has 0 radical (unpaired) electrons. The lowest BCUT2D eigenvalue weighted by molar-refractivity contribution is -0.148. The van der Waals surface area contributed by atoms with Crippen LogP contribution in [0.4, 0.5) is 0 Å². The lowest BCUT2D eigenvalue weighted by Gasteiger charge is -2.15. The van der Waals surface area contributed by atoms with E-state index in [-0.39, 0.29) is 5.76 Å². The molecule has 2 heterocycles. The second-order valence-electron chi connectivity index (χ2n) is 3.60. The van der Waals surface area contributed by atoms with Gasteiger partial charge in [0.25, 0.3) is 5.91 Å². The Balaban J connectivity index is 2.04. The molecular weight excluding hydrogens is 294 g/mol. The van der Waals surface area contributed by atoms with Crippen molar-refractivity contribution >= 4 is 27.8 Å². The molecular formula is C10H10BrNO5. The highest BCUT2D eigenvalue weighted by Crippen LogP contribution is 2.19. The lowest BCUT2D eigenvalue weighted by Crippen LogP contribution is -2.44. The van der Waals surface area contributed by atoms with E-state index in [0.29, 0.717) is 17.5 Å². The summed E-state index contributed by atoms with van der Waals surface area (Å²) >= 11 is 3.16. The summed E-state index contributed by atoms with van der Waals surface area (Å²) in [6.07, 6.45) is 0.854. The molecule has 1 aromatic rings. The number of carboxylic acid groups (broad SMARTS) is 1. The van der Waals surface area contributed by atoms with Crippen molar-refractivity contribution in [3.05, 3.63) is 22.6 Å². The first-order valence-corrected chi connectivity index (χ1v) is 5.77. The van der Waals surface area contributed by atoms with Crippen molar-refractivity contribution in [2.45, 2.75) is 18.6 Å². The van der Waals surface area contributed by atoms with Crippen molar-refractivity contribution in [2.75, 3.05) is 6.61 Å². The number of nitrogens with one attached hydrogen (secondary N) is 1. The number of rotatable bonds is 3. The van der Waals surface area contributed by atoms with Gasteiger partial charge in [-0.25, -0.2) is 4.79 Å². The van der Waals surface area contributed by atoms with Gasteiger partial charge in [0.15, 0.2) is 6.10 Å². The van der Waals surface area contributed by atoms with Gasteiger partial charge in [0, 0.05) is 6.61 Å². The molecule has 1 fully saturated rings. The van der Waals surface area contributed by atoms with Gasteiger partial charge in [0.05, 0.1) is 16.8 Å². The molecule has 6 nitrogen and oxygen atoms in total. The first-order chi connectivity index (χ1) is 8.09. The van der Waals surface area contributed by atoms with Gasteiger partial charge in [-0.05, 0) is 28.4 Å². The molecule has 2 N–H and O–H groups in total. The molecule has 1 aliphatic rings. The van der Waals surface area contributed by atoms with Gasteiger partial charge < -0.3 is 19.6 Å². The van der Waals surface area contributed by atoms with Crippen molar-refractivity contribution in [3.8, 4) is 0 Å². The number of amides is 1. The minimum absolute atomic E-state index is 0.126. The lowest BCUT2D eigenvalue weighted by atomic mass is 10.1. The van der Waals surface area contributed by atoms with Gasteiger partial charge in [0.1, 0.15) is 0 Å².